The first-order chi connectivity index (χ1) is 26.1. The summed E-state index contributed by atoms with van der Waals surface area (Å²) in [6.45, 7) is 7.49. The van der Waals surface area contributed by atoms with Crippen molar-refractivity contribution < 1.29 is 28.7 Å². The number of nitrogens with zero attached hydrogens (tertiary/aromatic N) is 1. The molecule has 10 nitrogen and oxygen atoms in total. The van der Waals surface area contributed by atoms with Crippen LogP contribution in [-0.4, -0.2) is 60.2 Å². The van der Waals surface area contributed by atoms with Crippen LogP contribution < -0.4 is 16.0 Å². The van der Waals surface area contributed by atoms with Gasteiger partial charge in [-0.2, -0.15) is 0 Å². The topological polar surface area (TPSA) is 126 Å². The highest BCUT2D eigenvalue weighted by atomic mass is 32.1. The van der Waals surface area contributed by atoms with Gasteiger partial charge in [-0.1, -0.05) is 67.1 Å². The molecule has 1 atom stereocenters. The van der Waals surface area contributed by atoms with Crippen LogP contribution in [0.1, 0.15) is 92.5 Å². The van der Waals surface area contributed by atoms with E-state index in [1.807, 2.05) is 59.3 Å². The maximum Gasteiger partial charge on any atom is 0.408 e. The predicted molar refractivity (Wildman–Crippen MR) is 214 cm³/mol. The van der Waals surface area contributed by atoms with Crippen LogP contribution in [0.4, 0.5) is 9.59 Å². The Kier molecular flexibility index (Phi) is 15.1. The smallest absolute Gasteiger partial charge is 0.408 e. The van der Waals surface area contributed by atoms with E-state index in [1.54, 1.807) is 48.3 Å². The zero-order chi connectivity index (χ0) is 38.3. The zero-order valence-corrected chi connectivity index (χ0v) is 33.1. The van der Waals surface area contributed by atoms with Crippen molar-refractivity contribution in [1.82, 2.24) is 20.9 Å². The van der Waals surface area contributed by atoms with Gasteiger partial charge in [-0.05, 0) is 98.0 Å². The van der Waals surface area contributed by atoms with E-state index in [9.17, 15) is 19.2 Å². The lowest BCUT2D eigenvalue weighted by molar-refractivity contribution is -0.135. The molecule has 4 aromatic rings. The van der Waals surface area contributed by atoms with Crippen molar-refractivity contribution in [3.05, 3.63) is 104 Å². The number of hydrogen-bond donors (Lipinski definition) is 3. The van der Waals surface area contributed by atoms with Gasteiger partial charge in [-0.15, -0.1) is 22.7 Å². The van der Waals surface area contributed by atoms with E-state index in [4.69, 9.17) is 9.47 Å². The van der Waals surface area contributed by atoms with Crippen molar-refractivity contribution >= 4 is 46.7 Å². The van der Waals surface area contributed by atoms with Crippen molar-refractivity contribution in [1.29, 1.82) is 0 Å². The molecule has 0 saturated heterocycles. The van der Waals surface area contributed by atoms with Gasteiger partial charge in [-0.3, -0.25) is 9.59 Å². The fourth-order valence-electron chi connectivity index (χ4n) is 6.54. The van der Waals surface area contributed by atoms with Crippen molar-refractivity contribution in [3.63, 3.8) is 0 Å². The Balaban J connectivity index is 0.978. The Morgan fingerprint density at radius 1 is 0.722 bits per heavy atom. The lowest BCUT2D eigenvalue weighted by atomic mass is 9.98. The molecule has 0 fully saturated rings. The summed E-state index contributed by atoms with van der Waals surface area (Å²) in [4.78, 5) is 55.6. The lowest BCUT2D eigenvalue weighted by Crippen LogP contribution is -2.49. The van der Waals surface area contributed by atoms with Crippen LogP contribution >= 0.6 is 22.7 Å². The molecule has 5 rings (SSSR count). The van der Waals surface area contributed by atoms with Crippen molar-refractivity contribution in [2.24, 2.45) is 0 Å². The summed E-state index contributed by atoms with van der Waals surface area (Å²) >= 11 is 3.18. The van der Waals surface area contributed by atoms with Gasteiger partial charge in [0.2, 0.25) is 11.8 Å². The van der Waals surface area contributed by atoms with Gasteiger partial charge in [0.1, 0.15) is 18.2 Å². The summed E-state index contributed by atoms with van der Waals surface area (Å²) in [6.07, 6.45) is 3.28. The van der Waals surface area contributed by atoms with Crippen molar-refractivity contribution in [2.45, 2.75) is 96.4 Å². The highest BCUT2D eigenvalue weighted by Gasteiger charge is 2.30. The Bertz CT molecular complexity index is 1720. The minimum atomic E-state index is -0.766. The van der Waals surface area contributed by atoms with Gasteiger partial charge in [-0.25, -0.2) is 9.59 Å². The number of hydrogen-bond acceptors (Lipinski definition) is 8. The molecule has 2 heterocycles. The normalized spacial score (nSPS) is 12.6. The van der Waals surface area contributed by atoms with E-state index >= 15 is 0 Å². The Labute approximate surface area is 326 Å². The van der Waals surface area contributed by atoms with E-state index in [2.05, 4.69) is 40.2 Å². The molecule has 12 heteroatoms. The number of rotatable bonds is 19. The van der Waals surface area contributed by atoms with Crippen LogP contribution in [-0.2, 0) is 32.2 Å². The van der Waals surface area contributed by atoms with Crippen LogP contribution in [0.15, 0.2) is 83.6 Å². The number of carbonyl (C=O) groups is 4. The number of ether oxygens (including phenoxy) is 2. The van der Waals surface area contributed by atoms with Gasteiger partial charge in [0, 0.05) is 35.2 Å². The SMILES string of the molecule is CC(C)(C)OC(=O)N[C@@H](CCCCNC(=O)CCCCCNC(=O)OCC1c2ccccc2-c2ccccc21)C(=O)N(Cc1cccs1)Cc1cccs1. The Hall–Kier alpha value is -4.68. The highest BCUT2D eigenvalue weighted by Crippen LogP contribution is 2.44. The molecule has 288 valence electrons. The largest absolute Gasteiger partial charge is 0.449 e. The molecule has 1 aliphatic rings. The van der Waals surface area contributed by atoms with Crippen LogP contribution in [0.25, 0.3) is 11.1 Å². The summed E-state index contributed by atoms with van der Waals surface area (Å²) < 4.78 is 11.1. The molecule has 2 aromatic carbocycles. The van der Waals surface area contributed by atoms with Crippen LogP contribution in [0.2, 0.25) is 0 Å². The molecule has 0 unspecified atom stereocenters. The van der Waals surface area contributed by atoms with Gasteiger partial charge < -0.3 is 30.3 Å². The predicted octanol–water partition coefficient (Wildman–Crippen LogP) is 8.62. The Morgan fingerprint density at radius 2 is 1.31 bits per heavy atom. The molecule has 0 spiro atoms. The molecule has 0 aliphatic heterocycles. The summed E-state index contributed by atoms with van der Waals surface area (Å²) in [7, 11) is 0. The first-order valence-electron chi connectivity index (χ1n) is 18.8. The van der Waals surface area contributed by atoms with Gasteiger partial charge in [0.25, 0.3) is 0 Å². The molecule has 0 radical (unpaired) electrons. The number of thiophene rings is 2. The Morgan fingerprint density at radius 3 is 1.91 bits per heavy atom. The average Bonchev–Trinajstić information content (AvgIpc) is 3.92. The minimum absolute atomic E-state index is 0.0212. The van der Waals surface area contributed by atoms with E-state index in [0.29, 0.717) is 58.3 Å². The van der Waals surface area contributed by atoms with E-state index in [-0.39, 0.29) is 24.3 Å². The molecule has 1 aliphatic carbocycles. The molecule has 2 aromatic heterocycles. The second kappa shape index (κ2) is 20.1. The maximum atomic E-state index is 13.9. The number of nitrogens with one attached hydrogen (secondary N) is 3. The molecular weight excluding hydrogens is 721 g/mol. The maximum absolute atomic E-state index is 13.9. The van der Waals surface area contributed by atoms with Crippen LogP contribution in [0.3, 0.4) is 0 Å². The second-order valence-corrected chi connectivity index (χ2v) is 16.5. The third kappa shape index (κ3) is 12.4. The molecule has 4 amide bonds. The van der Waals surface area contributed by atoms with Crippen molar-refractivity contribution in [2.75, 3.05) is 19.7 Å². The monoisotopic (exact) mass is 772 g/mol. The standard InChI is InChI=1S/C42H52N4O6S2/c1-42(2,3)52-41(50)45-37(39(48)46(27-30-15-13-25-53-30)28-31-16-14-26-54-31)21-10-12-23-43-38(47)22-5-4-11-24-44-40(49)51-29-36-34-19-8-6-17-32(34)33-18-7-9-20-35(33)36/h6-9,13-20,25-26,36-37H,4-5,10-12,21-24,27-29H2,1-3H3,(H,43,47)(H,44,49)(H,45,50)/t37-/m0/s1. The van der Waals surface area contributed by atoms with E-state index < -0.39 is 23.8 Å². The number of carbonyl (C=O) groups excluding carboxylic acids is 4. The minimum Gasteiger partial charge on any atom is -0.449 e. The number of amides is 4. The fraction of sp³-hybridized carbons (Fsp3) is 0.429. The number of alkyl carbamates (subject to hydrolysis) is 2. The van der Waals surface area contributed by atoms with E-state index in [1.165, 1.54) is 22.3 Å². The highest BCUT2D eigenvalue weighted by molar-refractivity contribution is 7.10. The van der Waals surface area contributed by atoms with Crippen molar-refractivity contribution in [3.8, 4) is 11.1 Å². The molecule has 54 heavy (non-hydrogen) atoms. The van der Waals surface area contributed by atoms with Gasteiger partial charge in [0.15, 0.2) is 0 Å². The third-order valence-electron chi connectivity index (χ3n) is 9.09. The molecular formula is C42H52N4O6S2. The molecule has 0 saturated carbocycles. The average molecular weight is 773 g/mol. The zero-order valence-electron chi connectivity index (χ0n) is 31.4. The number of fused-ring (bicyclic) bond motifs is 3. The number of benzene rings is 2. The van der Waals surface area contributed by atoms with E-state index in [0.717, 1.165) is 22.6 Å². The van der Waals surface area contributed by atoms with Crippen LogP contribution in [0, 0.1) is 0 Å². The summed E-state index contributed by atoms with van der Waals surface area (Å²) in [5.41, 5.74) is 4.04. The summed E-state index contributed by atoms with van der Waals surface area (Å²) in [6, 6.07) is 23.7. The van der Waals surface area contributed by atoms with Gasteiger partial charge >= 0.3 is 12.2 Å². The van der Waals surface area contributed by atoms with Gasteiger partial charge in [0.05, 0.1) is 13.1 Å². The summed E-state index contributed by atoms with van der Waals surface area (Å²) in [5, 5.41) is 12.6. The van der Waals surface area contributed by atoms with Crippen LogP contribution in [0.5, 0.6) is 0 Å². The second-order valence-electron chi connectivity index (χ2n) is 14.5. The first kappa shape index (κ1) is 40.5. The molecule has 3 N–H and O–H groups in total. The number of unbranched alkanes of at least 4 members (excludes halogenated alkanes) is 3. The fourth-order valence-corrected chi connectivity index (χ4v) is 7.98. The first-order valence-corrected chi connectivity index (χ1v) is 20.5. The third-order valence-corrected chi connectivity index (χ3v) is 10.8. The quantitative estimate of drug-likeness (QED) is 0.0820. The summed E-state index contributed by atoms with van der Waals surface area (Å²) in [5.74, 6) is -0.176. The lowest BCUT2D eigenvalue weighted by Gasteiger charge is -2.28. The molecule has 0 bridgehead atoms.